The molecule has 0 bridgehead atoms. The minimum atomic E-state index is -1.55. The number of nitrogens with one attached hydrogen (secondary N) is 7. The lowest BCUT2D eigenvalue weighted by atomic mass is 9.84. The summed E-state index contributed by atoms with van der Waals surface area (Å²) in [4.78, 5) is 232. The summed E-state index contributed by atoms with van der Waals surface area (Å²) in [5, 5.41) is 38.8. The molecule has 6 aromatic carbocycles. The number of phenols is 2. The van der Waals surface area contributed by atoms with Crippen molar-refractivity contribution in [1.29, 1.82) is 0 Å². The molecule has 7 aromatic rings. The van der Waals surface area contributed by atoms with Gasteiger partial charge in [-0.2, -0.15) is 0 Å². The number of nitrogens with two attached hydrogens (primary N) is 1. The number of thioether (sulfide) groups is 1. The van der Waals surface area contributed by atoms with Crippen LogP contribution in [0.15, 0.2) is 164 Å². The summed E-state index contributed by atoms with van der Waals surface area (Å²) in [7, 11) is 5.54. The Hall–Kier alpha value is -12.5. The number of benzene rings is 6. The zero-order chi connectivity index (χ0) is 93.0. The van der Waals surface area contributed by atoms with Crippen LogP contribution >= 0.6 is 23.4 Å². The van der Waals surface area contributed by atoms with E-state index in [0.29, 0.717) is 62.1 Å². The van der Waals surface area contributed by atoms with E-state index in [-0.39, 0.29) is 100 Å². The number of rotatable bonds is 22. The van der Waals surface area contributed by atoms with Crippen molar-refractivity contribution in [1.82, 2.24) is 61.4 Å². The van der Waals surface area contributed by atoms with Gasteiger partial charge in [-0.15, -0.1) is 11.8 Å². The molecule has 33 heteroatoms. The summed E-state index contributed by atoms with van der Waals surface area (Å²) >= 11 is 7.36. The van der Waals surface area contributed by atoms with E-state index in [1.807, 2.05) is 19.1 Å². The topological polar surface area (TPSA) is 436 Å². The number of halogens is 1. The molecule has 0 unspecified atom stereocenters. The van der Waals surface area contributed by atoms with Crippen LogP contribution in [0.4, 0.5) is 0 Å². The molecule has 0 spiro atoms. The van der Waals surface area contributed by atoms with E-state index in [4.69, 9.17) is 22.1 Å². The second-order valence-electron chi connectivity index (χ2n) is 33.8. The van der Waals surface area contributed by atoms with E-state index in [2.05, 4.69) is 36.9 Å². The van der Waals surface area contributed by atoms with E-state index in [0.717, 1.165) is 16.7 Å². The van der Waals surface area contributed by atoms with Crippen molar-refractivity contribution in [3.63, 3.8) is 0 Å². The maximum Gasteiger partial charge on any atom is 0.293 e. The highest BCUT2D eigenvalue weighted by Gasteiger charge is 2.44. The van der Waals surface area contributed by atoms with Crippen molar-refractivity contribution in [2.45, 2.75) is 185 Å². The molecular weight excluding hydrogens is 1680 g/mol. The summed E-state index contributed by atoms with van der Waals surface area (Å²) in [6, 6.07) is 28.7. The Bertz CT molecular complexity index is 5040. The quantitative estimate of drug-likeness (QED) is 0.0334. The summed E-state index contributed by atoms with van der Waals surface area (Å²) in [5.74, 6) is -15.4. The number of primary amides is 1. The molecule has 2 saturated heterocycles. The molecular formula is C95H118ClN13O18S. The first-order valence-corrected chi connectivity index (χ1v) is 44.7. The molecule has 0 radical (unpaired) electrons. The van der Waals surface area contributed by atoms with Gasteiger partial charge in [0.25, 0.3) is 6.47 Å². The molecule has 11 N–H and O–H groups in total. The van der Waals surface area contributed by atoms with Crippen molar-refractivity contribution in [2.75, 3.05) is 59.4 Å². The van der Waals surface area contributed by atoms with Gasteiger partial charge in [0.15, 0.2) is 5.78 Å². The largest absolute Gasteiger partial charge is 0.508 e. The highest BCUT2D eigenvalue weighted by Crippen LogP contribution is 2.29. The zero-order valence-electron chi connectivity index (χ0n) is 73.7. The lowest BCUT2D eigenvalue weighted by Crippen LogP contribution is -2.61. The van der Waals surface area contributed by atoms with Gasteiger partial charge in [0.2, 0.25) is 70.9 Å². The van der Waals surface area contributed by atoms with Crippen LogP contribution in [0, 0.1) is 23.7 Å². The number of phenolic OH excluding ortho intramolecular Hbond substituents is 2. The number of ether oxygens (including phenoxy) is 1. The maximum atomic E-state index is 15.7. The Balaban J connectivity index is 1.11. The minimum Gasteiger partial charge on any atom is -0.508 e. The number of likely N-dealkylation sites (N-methyl/N-ethyl adjacent to an activating group) is 4. The molecule has 0 saturated carbocycles. The SMILES string of the molecule is CCCC[C@H]1C(=O)N(C)CC(=O)C[C@@H](COC=O)C(=O)C[C@@H](C(C)C)C(=O)N(C)[C@@H](Cc2ccccc2)C(=O)N[C@@H](Cc2ccc(O)cc2)C(=O)N2CCC[C@@H]2C(=O)N[C@@H](Cc2c[nH]c3ccccc23)C(=O)N[C@@H](Cc2ccc(O)cc2)C(=O)N[C@@H](CC(C)C)C(=O)N[C@H](C(N)=O)CSCC(=O)N[C@@H](Cc2cccc(Cl)c2)C(=O)N(C)[C@@H](Cc2ccccc2)C(=O)N1C. The summed E-state index contributed by atoms with van der Waals surface area (Å²) in [6.07, 6.45) is 0.825. The molecule has 1 aromatic heterocycles. The molecule has 31 nitrogen and oxygen atoms in total. The van der Waals surface area contributed by atoms with Crippen molar-refractivity contribution in [3.05, 3.63) is 202 Å². The number of carbonyl (C=O) groups excluding carboxylic acids is 15. The average Bonchev–Trinajstić information content (AvgIpc) is 1.48. The van der Waals surface area contributed by atoms with Gasteiger partial charge in [0.05, 0.1) is 18.2 Å². The Morgan fingerprint density at radius 2 is 1.09 bits per heavy atom. The number of ketones is 2. The number of hydrogen-bond donors (Lipinski definition) is 10. The molecule has 2 aliphatic heterocycles. The van der Waals surface area contributed by atoms with Gasteiger partial charge in [-0.3, -0.25) is 71.9 Å². The minimum absolute atomic E-state index is 0.0208. The fourth-order valence-corrected chi connectivity index (χ4v) is 17.2. The third-order valence-corrected chi connectivity index (χ3v) is 24.6. The predicted molar refractivity (Wildman–Crippen MR) is 483 cm³/mol. The van der Waals surface area contributed by atoms with Crippen molar-refractivity contribution in [3.8, 4) is 11.5 Å². The predicted octanol–water partition coefficient (Wildman–Crippen LogP) is 6.28. The first-order valence-electron chi connectivity index (χ1n) is 43.2. The first-order chi connectivity index (χ1) is 61.1. The van der Waals surface area contributed by atoms with Crippen LogP contribution in [0.25, 0.3) is 10.9 Å². The molecule has 2 fully saturated rings. The van der Waals surface area contributed by atoms with Crippen LogP contribution in [-0.2, 0) is 115 Å². The molecule has 9 rings (SSSR count). The van der Waals surface area contributed by atoms with Crippen molar-refractivity contribution < 1.29 is 86.9 Å². The number of nitrogens with zero attached hydrogens (tertiary/aromatic N) is 5. The van der Waals surface area contributed by atoms with Crippen LogP contribution in [0.2, 0.25) is 5.02 Å². The third-order valence-electron chi connectivity index (χ3n) is 23.4. The smallest absolute Gasteiger partial charge is 0.293 e. The second kappa shape index (κ2) is 47.9. The number of aromatic nitrogens is 1. The monoisotopic (exact) mass is 1800 g/mol. The van der Waals surface area contributed by atoms with Crippen LogP contribution in [0.3, 0.4) is 0 Å². The van der Waals surface area contributed by atoms with Crippen LogP contribution in [-0.4, -0.2) is 248 Å². The number of carbonyl (C=O) groups is 15. The van der Waals surface area contributed by atoms with E-state index in [9.17, 15) is 39.0 Å². The van der Waals surface area contributed by atoms with E-state index in [1.54, 1.807) is 143 Å². The lowest BCUT2D eigenvalue weighted by Gasteiger charge is -2.37. The molecule has 128 heavy (non-hydrogen) atoms. The van der Waals surface area contributed by atoms with Gasteiger partial charge >= 0.3 is 0 Å². The summed E-state index contributed by atoms with van der Waals surface area (Å²) in [5.41, 5.74) is 9.83. The Kier molecular flexibility index (Phi) is 37.2. The van der Waals surface area contributed by atoms with Gasteiger partial charge in [-0.1, -0.05) is 174 Å². The van der Waals surface area contributed by atoms with Crippen molar-refractivity contribution >= 4 is 123 Å². The fraction of sp³-hybridized carbons (Fsp3) is 0.442. The second-order valence-corrected chi connectivity index (χ2v) is 35.3. The van der Waals surface area contributed by atoms with E-state index in [1.165, 1.54) is 84.2 Å². The number of unbranched alkanes of at least 4 members (excludes halogenated alkanes) is 1. The van der Waals surface area contributed by atoms with Gasteiger partial charge in [-0.25, -0.2) is 0 Å². The maximum absolute atomic E-state index is 15.7. The van der Waals surface area contributed by atoms with Crippen molar-refractivity contribution in [2.24, 2.45) is 29.4 Å². The number of aromatic amines is 1. The Labute approximate surface area is 754 Å². The number of Topliss-reactive ketones (excluding diaryl/α,β-unsaturated/α-hetero) is 2. The highest BCUT2D eigenvalue weighted by molar-refractivity contribution is 8.00. The Morgan fingerprint density at radius 1 is 0.555 bits per heavy atom. The zero-order valence-corrected chi connectivity index (χ0v) is 75.3. The molecule has 2 aliphatic rings. The number of para-hydroxylation sites is 1. The normalized spacial score (nSPS) is 23.2. The van der Waals surface area contributed by atoms with Gasteiger partial charge in [-0.05, 0) is 113 Å². The summed E-state index contributed by atoms with van der Waals surface area (Å²) < 4.78 is 5.17. The lowest BCUT2D eigenvalue weighted by molar-refractivity contribution is -0.151. The number of fused-ring (bicyclic) bond motifs is 2. The van der Waals surface area contributed by atoms with Crippen LogP contribution in [0.5, 0.6) is 11.5 Å². The standard InChI is InChI=1S/C95H118ClN13O18S/c1-10-11-30-80-94(125)105(6)52-69(113)48-65(53-127-56-110)83(114)50-71(58(4)5)91(122)107(8)81(46-59-22-14-12-15-23-59)90(121)103-77(44-62-34-38-68(112)39-35-62)93(124)109-40-21-31-79(109)89(120)102-75(49-64-51-98-72-29-19-18-28-70(64)72)88(119)101-74(43-61-32-36-67(111)37-33-61)87(118)100-73(41-57(2)3)86(117)104-78(85(97)116)54-128-55-84(115)99-76(45-63-26-20-27-66(96)42-63)92(123)108(9)82(95(126)106(80)7)47-60-24-16-13-17-25-60/h12-20,22-29,32-39,42,51,56-58,65,71,73-82,98,111-112H,10-11,21,30-31,40-41,43-50,52-55H2,1-9H3,(H2,97,116)(H,99,115)(H,100,118)(H,101,119)(H,102,120)(H,103,121)(H,104,117)/t65-,71-,73-,74-,75-,76-,77-,78-,79+,80-,81-,82-/m0/s1. The van der Waals surface area contributed by atoms with Crippen LogP contribution in [0.1, 0.15) is 119 Å². The van der Waals surface area contributed by atoms with Gasteiger partial charge in [0.1, 0.15) is 84.3 Å². The number of H-pyrrole nitrogens is 1. The van der Waals surface area contributed by atoms with Gasteiger partial charge < -0.3 is 82.1 Å². The van der Waals surface area contributed by atoms with Gasteiger partial charge in [0, 0.05) is 120 Å². The molecule has 0 aliphatic carbocycles. The first kappa shape index (κ1) is 99.3. The molecule has 12 atom stereocenters. The number of amides is 12. The fourth-order valence-electron chi connectivity index (χ4n) is 16.1. The average molecular weight is 1800 g/mol. The summed E-state index contributed by atoms with van der Waals surface area (Å²) in [6.45, 7) is 7.69. The molecule has 3 heterocycles. The van der Waals surface area contributed by atoms with Crippen LogP contribution < -0.4 is 37.6 Å². The molecule has 684 valence electrons. The highest BCUT2D eigenvalue weighted by atomic mass is 35.5. The third kappa shape index (κ3) is 28.3. The van der Waals surface area contributed by atoms with E-state index >= 15 is 43.2 Å². The Morgan fingerprint density at radius 3 is 1.69 bits per heavy atom. The number of hydrogen-bond acceptors (Lipinski definition) is 19. The molecule has 12 amide bonds. The number of aromatic hydroxyl groups is 2. The van der Waals surface area contributed by atoms with E-state index < -0.39 is 192 Å².